The zero-order chi connectivity index (χ0) is 12.7. The molecule has 0 aliphatic heterocycles. The van der Waals surface area contributed by atoms with Gasteiger partial charge < -0.3 is 0 Å². The van der Waals surface area contributed by atoms with E-state index in [0.717, 1.165) is 9.37 Å². The maximum atomic E-state index is 12.1. The van der Waals surface area contributed by atoms with Gasteiger partial charge in [0.1, 0.15) is 0 Å². The third kappa shape index (κ3) is 5.74. The summed E-state index contributed by atoms with van der Waals surface area (Å²) >= 11 is 4.66. The van der Waals surface area contributed by atoms with Crippen LogP contribution >= 0.6 is 27.7 Å². The summed E-state index contributed by atoms with van der Waals surface area (Å²) in [4.78, 5) is 7.81. The molecule has 0 atom stereocenters. The Kier molecular flexibility index (Phi) is 6.07. The van der Waals surface area contributed by atoms with Crippen molar-refractivity contribution in [1.29, 1.82) is 0 Å². The van der Waals surface area contributed by atoms with Crippen molar-refractivity contribution in [2.45, 2.75) is 4.90 Å². The molecule has 2 aromatic rings. The Balaban J connectivity index is 0.000000171. The number of aromatic nitrogens is 2. The van der Waals surface area contributed by atoms with Gasteiger partial charge in [-0.15, -0.1) is 11.8 Å². The fraction of sp³-hybridized carbons (Fsp3) is 0.0909. The lowest BCUT2D eigenvalue weighted by Crippen LogP contribution is -1.79. The predicted octanol–water partition coefficient (Wildman–Crippen LogP) is 3.93. The van der Waals surface area contributed by atoms with Crippen LogP contribution in [-0.2, 0) is 0 Å². The van der Waals surface area contributed by atoms with Crippen LogP contribution in [0.4, 0.5) is 8.78 Å². The van der Waals surface area contributed by atoms with Gasteiger partial charge in [-0.1, -0.05) is 0 Å². The molecule has 0 saturated heterocycles. The van der Waals surface area contributed by atoms with Crippen LogP contribution in [0.5, 0.6) is 0 Å². The van der Waals surface area contributed by atoms with Gasteiger partial charge in [0.15, 0.2) is 0 Å². The van der Waals surface area contributed by atoms with E-state index in [4.69, 9.17) is 0 Å². The lowest BCUT2D eigenvalue weighted by atomic mass is 10.5. The minimum Gasteiger partial charge on any atom is -0.227 e. The Labute approximate surface area is 111 Å². The molecule has 17 heavy (non-hydrogen) atoms. The Hall–Kier alpha value is -1.01. The zero-order valence-corrected chi connectivity index (χ0v) is 11.3. The van der Waals surface area contributed by atoms with Crippen molar-refractivity contribution in [3.05, 3.63) is 53.0 Å². The summed E-state index contributed by atoms with van der Waals surface area (Å²) in [5.41, 5.74) is 0. The highest BCUT2D eigenvalue weighted by atomic mass is 79.9. The minimum absolute atomic E-state index is 0.423. The van der Waals surface area contributed by atoms with E-state index in [1.165, 1.54) is 24.5 Å². The first-order chi connectivity index (χ1) is 8.11. The van der Waals surface area contributed by atoms with Crippen molar-refractivity contribution in [1.82, 2.24) is 9.97 Å². The molecular formula is C11H9BrF2N2S. The lowest BCUT2D eigenvalue weighted by molar-refractivity contribution is 0.581. The van der Waals surface area contributed by atoms with E-state index >= 15 is 0 Å². The molecule has 2 aromatic heterocycles. The van der Waals surface area contributed by atoms with Crippen LogP contribution in [0, 0.1) is 11.9 Å². The lowest BCUT2D eigenvalue weighted by Gasteiger charge is -1.90. The second kappa shape index (κ2) is 7.34. The van der Waals surface area contributed by atoms with E-state index in [9.17, 15) is 8.78 Å². The number of thioether (sulfide) groups is 1. The molecule has 0 fully saturated rings. The van der Waals surface area contributed by atoms with Crippen LogP contribution in [0.25, 0.3) is 0 Å². The second-order valence-corrected chi connectivity index (χ2v) is 4.62. The monoisotopic (exact) mass is 318 g/mol. The Bertz CT molecular complexity index is 427. The Morgan fingerprint density at radius 2 is 1.59 bits per heavy atom. The quantitative estimate of drug-likeness (QED) is 0.588. The van der Waals surface area contributed by atoms with E-state index < -0.39 is 11.9 Å². The minimum atomic E-state index is -0.451. The highest BCUT2D eigenvalue weighted by Gasteiger charge is 1.89. The van der Waals surface area contributed by atoms with Crippen LogP contribution in [0.3, 0.4) is 0 Å². The van der Waals surface area contributed by atoms with E-state index in [1.807, 2.05) is 6.26 Å². The van der Waals surface area contributed by atoms with Gasteiger partial charge in [0.2, 0.25) is 11.9 Å². The van der Waals surface area contributed by atoms with Gasteiger partial charge in [0, 0.05) is 21.8 Å². The Morgan fingerprint density at radius 1 is 1.00 bits per heavy atom. The summed E-state index contributed by atoms with van der Waals surface area (Å²) in [6.45, 7) is 0. The molecule has 0 unspecified atom stereocenters. The van der Waals surface area contributed by atoms with Gasteiger partial charge in [0.05, 0.1) is 0 Å². The third-order valence-corrected chi connectivity index (χ3v) is 2.81. The molecule has 2 nitrogen and oxygen atoms in total. The van der Waals surface area contributed by atoms with Gasteiger partial charge in [-0.05, 0) is 46.5 Å². The molecule has 0 spiro atoms. The molecule has 6 heteroatoms. The summed E-state index contributed by atoms with van der Waals surface area (Å²) in [7, 11) is 0. The average molecular weight is 319 g/mol. The van der Waals surface area contributed by atoms with E-state index in [-0.39, 0.29) is 0 Å². The summed E-state index contributed by atoms with van der Waals surface area (Å²) in [6, 6.07) is 5.95. The number of nitrogens with zero attached hydrogens (tertiary/aromatic N) is 2. The number of hydrogen-bond acceptors (Lipinski definition) is 3. The highest BCUT2D eigenvalue weighted by molar-refractivity contribution is 9.10. The molecule has 2 heterocycles. The van der Waals surface area contributed by atoms with Crippen LogP contribution in [-0.4, -0.2) is 16.2 Å². The van der Waals surface area contributed by atoms with Gasteiger partial charge in [-0.3, -0.25) is 0 Å². The second-order valence-electron chi connectivity index (χ2n) is 2.82. The van der Waals surface area contributed by atoms with Gasteiger partial charge in [-0.25, -0.2) is 9.97 Å². The largest absolute Gasteiger partial charge is 0.227 e. The van der Waals surface area contributed by atoms with Gasteiger partial charge >= 0.3 is 0 Å². The summed E-state index contributed by atoms with van der Waals surface area (Å²) < 4.78 is 24.8. The molecule has 0 radical (unpaired) electrons. The molecule has 0 saturated carbocycles. The van der Waals surface area contributed by atoms with E-state index in [0.29, 0.717) is 0 Å². The molecule has 0 aromatic carbocycles. The number of halogens is 3. The molecular weight excluding hydrogens is 310 g/mol. The van der Waals surface area contributed by atoms with Crippen LogP contribution in [0.15, 0.2) is 46.0 Å². The topological polar surface area (TPSA) is 25.8 Å². The fourth-order valence-corrected chi connectivity index (χ4v) is 1.44. The maximum absolute atomic E-state index is 12.1. The van der Waals surface area contributed by atoms with Crippen molar-refractivity contribution in [2.24, 2.45) is 0 Å². The molecule has 0 aliphatic carbocycles. The number of hydrogen-bond donors (Lipinski definition) is 0. The first-order valence-corrected chi connectivity index (χ1v) is 6.56. The predicted molar refractivity (Wildman–Crippen MR) is 67.9 cm³/mol. The van der Waals surface area contributed by atoms with Crippen molar-refractivity contribution >= 4 is 27.7 Å². The first-order valence-electron chi connectivity index (χ1n) is 4.54. The van der Waals surface area contributed by atoms with E-state index in [2.05, 4.69) is 25.9 Å². The van der Waals surface area contributed by atoms with Gasteiger partial charge in [0.25, 0.3) is 0 Å². The zero-order valence-electron chi connectivity index (χ0n) is 8.90. The van der Waals surface area contributed by atoms with Crippen LogP contribution < -0.4 is 0 Å². The molecule has 90 valence electrons. The smallest absolute Gasteiger partial charge is 0.212 e. The SMILES string of the molecule is CSc1ccc(F)nc1.Fc1ccc(Br)cn1. The molecule has 0 aliphatic rings. The summed E-state index contributed by atoms with van der Waals surface area (Å²) in [6.07, 6.45) is 4.85. The third-order valence-electron chi connectivity index (χ3n) is 1.63. The normalized spacial score (nSPS) is 9.41. The maximum Gasteiger partial charge on any atom is 0.212 e. The average Bonchev–Trinajstić information content (AvgIpc) is 2.35. The van der Waals surface area contributed by atoms with Crippen molar-refractivity contribution in [3.63, 3.8) is 0 Å². The van der Waals surface area contributed by atoms with Crippen molar-refractivity contribution < 1.29 is 8.78 Å². The summed E-state index contributed by atoms with van der Waals surface area (Å²) in [5, 5.41) is 0. The molecule has 0 bridgehead atoms. The standard InChI is InChI=1S/C6H6FNS.C5H3BrFN/c1-9-5-2-3-6(7)8-4-5;6-4-1-2-5(7)8-3-4/h2-4H,1H3;1-3H. The first kappa shape index (κ1) is 14.1. The summed E-state index contributed by atoms with van der Waals surface area (Å²) in [5.74, 6) is -0.874. The molecule has 0 N–H and O–H groups in total. The van der Waals surface area contributed by atoms with Crippen LogP contribution in [0.1, 0.15) is 0 Å². The highest BCUT2D eigenvalue weighted by Crippen LogP contribution is 2.11. The van der Waals surface area contributed by atoms with Gasteiger partial charge in [-0.2, -0.15) is 8.78 Å². The molecule has 2 rings (SSSR count). The van der Waals surface area contributed by atoms with Crippen molar-refractivity contribution in [2.75, 3.05) is 6.26 Å². The molecule has 0 amide bonds. The number of rotatable bonds is 1. The van der Waals surface area contributed by atoms with E-state index in [1.54, 1.807) is 23.9 Å². The number of pyridine rings is 2. The van der Waals surface area contributed by atoms with Crippen LogP contribution in [0.2, 0.25) is 0 Å². The fourth-order valence-electron chi connectivity index (χ4n) is 0.841. The van der Waals surface area contributed by atoms with Crippen molar-refractivity contribution in [3.8, 4) is 0 Å². The Morgan fingerprint density at radius 3 is 1.94 bits per heavy atom.